The molecule has 0 radical (unpaired) electrons. The van der Waals surface area contributed by atoms with Gasteiger partial charge in [-0.05, 0) is 38.5 Å². The van der Waals surface area contributed by atoms with E-state index in [1.165, 1.54) is 212 Å². The number of aliphatic hydroxyl groups excluding tert-OH is 4. The molecule has 1 fully saturated rings. The molecule has 0 amide bonds. The van der Waals surface area contributed by atoms with E-state index >= 15 is 0 Å². The maximum absolute atomic E-state index is 12.9. The van der Waals surface area contributed by atoms with E-state index in [9.17, 15) is 30.0 Å². The minimum atomic E-state index is -1.59. The summed E-state index contributed by atoms with van der Waals surface area (Å²) in [6, 6.07) is 0. The zero-order valence-electron chi connectivity index (χ0n) is 43.7. The molecule has 0 aromatic rings. The number of esters is 2. The summed E-state index contributed by atoms with van der Waals surface area (Å²) in [5.41, 5.74) is 0. The van der Waals surface area contributed by atoms with Crippen LogP contribution in [-0.2, 0) is 28.5 Å². The van der Waals surface area contributed by atoms with Crippen molar-refractivity contribution in [2.75, 3.05) is 19.8 Å². The summed E-state index contributed by atoms with van der Waals surface area (Å²) < 4.78 is 22.3. The molecule has 10 nitrogen and oxygen atoms in total. The Morgan fingerprint density at radius 3 is 1.16 bits per heavy atom. The third kappa shape index (κ3) is 38.8. The van der Waals surface area contributed by atoms with Crippen LogP contribution in [0, 0.1) is 0 Å². The van der Waals surface area contributed by atoms with Crippen LogP contribution in [0.5, 0.6) is 0 Å². The molecule has 6 atom stereocenters. The van der Waals surface area contributed by atoms with Crippen molar-refractivity contribution in [2.45, 2.75) is 320 Å². The molecule has 0 aliphatic carbocycles. The molecule has 4 N–H and O–H groups in total. The highest BCUT2D eigenvalue weighted by Gasteiger charge is 2.44. The third-order valence-electron chi connectivity index (χ3n) is 13.7. The van der Waals surface area contributed by atoms with Gasteiger partial charge in [0.15, 0.2) is 12.4 Å². The molecule has 1 saturated heterocycles. The highest BCUT2D eigenvalue weighted by Crippen LogP contribution is 2.23. The first kappa shape index (κ1) is 63.5. The molecule has 0 saturated carbocycles. The van der Waals surface area contributed by atoms with E-state index in [4.69, 9.17) is 18.9 Å². The maximum Gasteiger partial charge on any atom is 0.306 e. The Morgan fingerprint density at radius 1 is 0.448 bits per heavy atom. The Hall–Kier alpha value is -1.56. The van der Waals surface area contributed by atoms with Crippen LogP contribution < -0.4 is 0 Å². The van der Waals surface area contributed by atoms with Gasteiger partial charge >= 0.3 is 11.9 Å². The van der Waals surface area contributed by atoms with E-state index in [0.29, 0.717) is 6.42 Å². The largest absolute Gasteiger partial charge is 0.462 e. The molecular formula is C57H108O10. The van der Waals surface area contributed by atoms with Gasteiger partial charge in [0.25, 0.3) is 0 Å². The predicted molar refractivity (Wildman–Crippen MR) is 275 cm³/mol. The van der Waals surface area contributed by atoms with Crippen LogP contribution >= 0.6 is 0 Å². The van der Waals surface area contributed by atoms with Crippen molar-refractivity contribution >= 4 is 11.9 Å². The van der Waals surface area contributed by atoms with Gasteiger partial charge in [0.1, 0.15) is 31.0 Å². The van der Waals surface area contributed by atoms with E-state index in [-0.39, 0.29) is 32.0 Å². The number of carbonyl (C=O) groups is 2. The van der Waals surface area contributed by atoms with Gasteiger partial charge in [-0.15, -0.1) is 0 Å². The van der Waals surface area contributed by atoms with Crippen LogP contribution in [0.25, 0.3) is 0 Å². The fourth-order valence-corrected chi connectivity index (χ4v) is 9.13. The summed E-state index contributed by atoms with van der Waals surface area (Å²) in [6.07, 6.45) is 48.0. The van der Waals surface area contributed by atoms with Gasteiger partial charge in [0.2, 0.25) is 0 Å². The standard InChI is InChI=1S/C57H108O10/c1-3-5-7-9-11-13-15-17-19-21-23-24-25-26-28-29-31-33-35-37-39-41-43-45-52(59)64-48-50(49-65-57-56(63)55(62)54(61)51(47-58)67-57)66-53(60)46-44-42-40-38-36-34-32-30-27-22-20-18-16-14-12-10-8-6-4-2/h18,20,50-51,54-58,61-63H,3-17,19,21-49H2,1-2H3/b20-18+/t50-,51-,54+,55?,56?,57-/m0/s1. The SMILES string of the molecule is CCCCCCCC/C=C/CCCCCCCCCCCC(=O)O[C@@H](COC(=O)CCCCCCCCCCCCCCCCCCCCCCCCC)CO[C@H]1O[C@@H](CO)[C@@H](O)C(O)C1O. The van der Waals surface area contributed by atoms with Gasteiger partial charge in [-0.3, -0.25) is 9.59 Å². The molecular weight excluding hydrogens is 845 g/mol. The zero-order valence-corrected chi connectivity index (χ0v) is 43.7. The second-order valence-corrected chi connectivity index (χ2v) is 20.1. The molecule has 1 heterocycles. The van der Waals surface area contributed by atoms with E-state index in [1.54, 1.807) is 0 Å². The minimum absolute atomic E-state index is 0.211. The monoisotopic (exact) mass is 953 g/mol. The summed E-state index contributed by atoms with van der Waals surface area (Å²) in [5, 5.41) is 40.3. The van der Waals surface area contributed by atoms with E-state index < -0.39 is 49.4 Å². The summed E-state index contributed by atoms with van der Waals surface area (Å²) in [5.74, 6) is -0.790. The van der Waals surface area contributed by atoms with Crippen molar-refractivity contribution < 1.29 is 49.0 Å². The number of hydrogen-bond donors (Lipinski definition) is 4. The number of carbonyl (C=O) groups excluding carboxylic acids is 2. The number of hydrogen-bond acceptors (Lipinski definition) is 10. The van der Waals surface area contributed by atoms with Gasteiger partial charge in [-0.1, -0.05) is 244 Å². The van der Waals surface area contributed by atoms with E-state index in [1.807, 2.05) is 0 Å². The van der Waals surface area contributed by atoms with Crippen molar-refractivity contribution in [1.82, 2.24) is 0 Å². The fourth-order valence-electron chi connectivity index (χ4n) is 9.13. The summed E-state index contributed by atoms with van der Waals surface area (Å²) >= 11 is 0. The van der Waals surface area contributed by atoms with Crippen molar-refractivity contribution in [2.24, 2.45) is 0 Å². The molecule has 1 aliphatic heterocycles. The van der Waals surface area contributed by atoms with E-state index in [2.05, 4.69) is 26.0 Å². The molecule has 67 heavy (non-hydrogen) atoms. The van der Waals surface area contributed by atoms with Crippen LogP contribution in [0.1, 0.15) is 284 Å². The molecule has 1 rings (SSSR count). The zero-order chi connectivity index (χ0) is 48.7. The van der Waals surface area contributed by atoms with Gasteiger partial charge in [0.05, 0.1) is 13.2 Å². The van der Waals surface area contributed by atoms with Crippen molar-refractivity contribution in [3.05, 3.63) is 12.2 Å². The Morgan fingerprint density at radius 2 is 0.791 bits per heavy atom. The topological polar surface area (TPSA) is 152 Å². The van der Waals surface area contributed by atoms with Crippen molar-refractivity contribution in [3.8, 4) is 0 Å². The second-order valence-electron chi connectivity index (χ2n) is 20.1. The predicted octanol–water partition coefficient (Wildman–Crippen LogP) is 14.2. The molecule has 0 aromatic heterocycles. The number of aliphatic hydroxyl groups is 4. The average Bonchev–Trinajstić information content (AvgIpc) is 3.33. The fraction of sp³-hybridized carbons (Fsp3) is 0.930. The lowest BCUT2D eigenvalue weighted by atomic mass is 9.99. The highest BCUT2D eigenvalue weighted by atomic mass is 16.7. The quantitative estimate of drug-likeness (QED) is 0.0263. The average molecular weight is 953 g/mol. The summed E-state index contributed by atoms with van der Waals surface area (Å²) in [7, 11) is 0. The lowest BCUT2D eigenvalue weighted by molar-refractivity contribution is -0.305. The number of allylic oxidation sites excluding steroid dienone is 2. The lowest BCUT2D eigenvalue weighted by Crippen LogP contribution is -2.59. The summed E-state index contributed by atoms with van der Waals surface area (Å²) in [6.45, 7) is 3.48. The van der Waals surface area contributed by atoms with Crippen molar-refractivity contribution in [1.29, 1.82) is 0 Å². The molecule has 396 valence electrons. The Labute approximate surface area is 411 Å². The van der Waals surface area contributed by atoms with Crippen LogP contribution in [0.2, 0.25) is 0 Å². The first-order valence-electron chi connectivity index (χ1n) is 28.8. The van der Waals surface area contributed by atoms with Gasteiger partial charge in [-0.25, -0.2) is 0 Å². The molecule has 0 aromatic carbocycles. The molecule has 0 bridgehead atoms. The first-order valence-corrected chi connectivity index (χ1v) is 28.8. The van der Waals surface area contributed by atoms with Gasteiger partial charge < -0.3 is 39.4 Å². The number of rotatable bonds is 50. The van der Waals surface area contributed by atoms with Gasteiger partial charge in [0, 0.05) is 12.8 Å². The Bertz CT molecular complexity index is 1100. The normalized spacial score (nSPS) is 19.0. The molecule has 0 spiro atoms. The smallest absolute Gasteiger partial charge is 0.306 e. The summed E-state index contributed by atoms with van der Waals surface area (Å²) in [4.78, 5) is 25.5. The minimum Gasteiger partial charge on any atom is -0.462 e. The maximum atomic E-state index is 12.9. The second kappa shape index (κ2) is 48.1. The highest BCUT2D eigenvalue weighted by molar-refractivity contribution is 5.70. The molecule has 10 heteroatoms. The van der Waals surface area contributed by atoms with Crippen LogP contribution in [0.3, 0.4) is 0 Å². The van der Waals surface area contributed by atoms with Crippen LogP contribution in [-0.4, -0.2) is 89.0 Å². The first-order chi connectivity index (χ1) is 32.8. The Kier molecular flexibility index (Phi) is 45.5. The van der Waals surface area contributed by atoms with Crippen LogP contribution in [0.15, 0.2) is 12.2 Å². The molecule has 2 unspecified atom stereocenters. The number of ether oxygens (including phenoxy) is 4. The van der Waals surface area contributed by atoms with Crippen LogP contribution in [0.4, 0.5) is 0 Å². The Balaban J connectivity index is 2.19. The van der Waals surface area contributed by atoms with Gasteiger partial charge in [-0.2, -0.15) is 0 Å². The molecule has 1 aliphatic rings. The number of unbranched alkanes of at least 4 members (excludes halogenated alkanes) is 37. The van der Waals surface area contributed by atoms with Crippen molar-refractivity contribution in [3.63, 3.8) is 0 Å². The third-order valence-corrected chi connectivity index (χ3v) is 13.7. The lowest BCUT2D eigenvalue weighted by Gasteiger charge is -2.39. The van der Waals surface area contributed by atoms with E-state index in [0.717, 1.165) is 38.5 Å².